The fraction of sp³-hybridized carbons (Fsp3) is 0.458. The first kappa shape index (κ1) is 21.3. The van der Waals surface area contributed by atoms with Crippen molar-refractivity contribution >= 4 is 5.91 Å². The molecule has 1 fully saturated rings. The first-order valence-electron chi connectivity index (χ1n) is 10.9. The molecule has 3 heterocycles. The summed E-state index contributed by atoms with van der Waals surface area (Å²) >= 11 is 0. The summed E-state index contributed by atoms with van der Waals surface area (Å²) in [7, 11) is 0. The van der Waals surface area contributed by atoms with Gasteiger partial charge in [0.1, 0.15) is 5.76 Å². The van der Waals surface area contributed by atoms with Crippen LogP contribution < -0.4 is 0 Å². The van der Waals surface area contributed by atoms with E-state index in [0.717, 1.165) is 43.3 Å². The Balaban J connectivity index is 1.33. The van der Waals surface area contributed by atoms with E-state index in [0.29, 0.717) is 25.2 Å². The van der Waals surface area contributed by atoms with Crippen LogP contribution >= 0.6 is 0 Å². The van der Waals surface area contributed by atoms with Crippen LogP contribution in [0.2, 0.25) is 0 Å². The summed E-state index contributed by atoms with van der Waals surface area (Å²) < 4.78 is 7.76. The van der Waals surface area contributed by atoms with Crippen molar-refractivity contribution in [3.63, 3.8) is 0 Å². The van der Waals surface area contributed by atoms with Gasteiger partial charge in [-0.05, 0) is 12.0 Å². The van der Waals surface area contributed by atoms with Gasteiger partial charge in [-0.3, -0.25) is 14.4 Å². The van der Waals surface area contributed by atoms with Gasteiger partial charge in [0.15, 0.2) is 0 Å². The van der Waals surface area contributed by atoms with E-state index in [1.54, 1.807) is 6.20 Å². The van der Waals surface area contributed by atoms with Crippen molar-refractivity contribution in [2.24, 2.45) is 0 Å². The molecule has 0 aliphatic carbocycles. The average Bonchev–Trinajstić information content (AvgIpc) is 3.34. The number of aromatic nitrogens is 3. The molecule has 1 aliphatic rings. The lowest BCUT2D eigenvalue weighted by atomic mass is 9.94. The second kappa shape index (κ2) is 9.06. The smallest absolute Gasteiger partial charge is 0.257 e. The highest BCUT2D eigenvalue weighted by Gasteiger charge is 2.24. The molecular formula is C24H31N5O2. The standard InChI is InChI=1S/C24H31N5O2/c1-24(2,3)21-15-25-22(31-21)18-27-10-7-11-28(13-12-27)23(30)20-14-26-29(17-20)16-19-8-5-4-6-9-19/h4-6,8-9,14-15,17H,7,10-13,16,18H2,1-3H3. The van der Waals surface area contributed by atoms with Crippen LogP contribution in [0.4, 0.5) is 0 Å². The molecule has 7 heteroatoms. The second-order valence-corrected chi connectivity index (χ2v) is 9.20. The molecule has 2 aromatic heterocycles. The number of carbonyl (C=O) groups excluding carboxylic acids is 1. The average molecular weight is 422 g/mol. The zero-order valence-corrected chi connectivity index (χ0v) is 18.6. The summed E-state index contributed by atoms with van der Waals surface area (Å²) in [6.07, 6.45) is 6.28. The highest BCUT2D eigenvalue weighted by molar-refractivity contribution is 5.93. The van der Waals surface area contributed by atoms with E-state index >= 15 is 0 Å². The number of oxazole rings is 1. The van der Waals surface area contributed by atoms with Gasteiger partial charge in [0.25, 0.3) is 5.91 Å². The first-order chi connectivity index (χ1) is 14.9. The van der Waals surface area contributed by atoms with Crippen molar-refractivity contribution in [3.05, 3.63) is 71.7 Å². The fourth-order valence-corrected chi connectivity index (χ4v) is 3.77. The molecule has 0 bridgehead atoms. The number of rotatable bonds is 5. The lowest BCUT2D eigenvalue weighted by Crippen LogP contribution is -2.35. The number of nitrogens with zero attached hydrogens (tertiary/aromatic N) is 5. The van der Waals surface area contributed by atoms with Crippen LogP contribution in [0, 0.1) is 0 Å². The molecule has 0 unspecified atom stereocenters. The molecule has 4 rings (SSSR count). The molecule has 0 saturated carbocycles. The van der Waals surface area contributed by atoms with E-state index in [-0.39, 0.29) is 11.3 Å². The van der Waals surface area contributed by atoms with Crippen molar-refractivity contribution < 1.29 is 9.21 Å². The Kier molecular flexibility index (Phi) is 6.23. The highest BCUT2D eigenvalue weighted by Crippen LogP contribution is 2.23. The molecule has 1 amide bonds. The van der Waals surface area contributed by atoms with Gasteiger partial charge in [-0.2, -0.15) is 5.10 Å². The molecule has 31 heavy (non-hydrogen) atoms. The normalized spacial score (nSPS) is 15.8. The summed E-state index contributed by atoms with van der Waals surface area (Å²) in [5.74, 6) is 1.70. The van der Waals surface area contributed by atoms with Crippen molar-refractivity contribution in [2.75, 3.05) is 26.2 Å². The molecule has 1 saturated heterocycles. The minimum Gasteiger partial charge on any atom is -0.444 e. The molecular weight excluding hydrogens is 390 g/mol. The molecule has 1 aliphatic heterocycles. The minimum atomic E-state index is -0.0434. The van der Waals surface area contributed by atoms with Crippen molar-refractivity contribution in [3.8, 4) is 0 Å². The third-order valence-electron chi connectivity index (χ3n) is 5.59. The first-order valence-corrected chi connectivity index (χ1v) is 10.9. The van der Waals surface area contributed by atoms with Crippen LogP contribution in [-0.4, -0.2) is 56.7 Å². The Morgan fingerprint density at radius 3 is 2.58 bits per heavy atom. The van der Waals surface area contributed by atoms with Crippen LogP contribution in [0.3, 0.4) is 0 Å². The molecule has 1 aromatic carbocycles. The maximum Gasteiger partial charge on any atom is 0.257 e. The summed E-state index contributed by atoms with van der Waals surface area (Å²) in [6, 6.07) is 10.1. The molecule has 0 spiro atoms. The third kappa shape index (κ3) is 5.41. The van der Waals surface area contributed by atoms with Crippen LogP contribution in [0.25, 0.3) is 0 Å². The van der Waals surface area contributed by atoms with Crippen LogP contribution in [0.1, 0.15) is 54.8 Å². The summed E-state index contributed by atoms with van der Waals surface area (Å²) in [5.41, 5.74) is 1.76. The molecule has 7 nitrogen and oxygen atoms in total. The Labute approximate surface area is 183 Å². The summed E-state index contributed by atoms with van der Waals surface area (Å²) in [5, 5.41) is 4.38. The number of amides is 1. The number of hydrogen-bond acceptors (Lipinski definition) is 5. The van der Waals surface area contributed by atoms with Crippen molar-refractivity contribution in [2.45, 2.75) is 45.7 Å². The SMILES string of the molecule is CC(C)(C)c1cnc(CN2CCCN(C(=O)c3cnn(Cc4ccccc4)c3)CC2)o1. The van der Waals surface area contributed by atoms with E-state index < -0.39 is 0 Å². The van der Waals surface area contributed by atoms with Gasteiger partial charge in [0.2, 0.25) is 5.89 Å². The van der Waals surface area contributed by atoms with E-state index in [4.69, 9.17) is 4.42 Å². The van der Waals surface area contributed by atoms with Crippen molar-refractivity contribution in [1.82, 2.24) is 24.6 Å². The Bertz CT molecular complexity index is 1000. The monoisotopic (exact) mass is 421 g/mol. The predicted molar refractivity (Wildman–Crippen MR) is 119 cm³/mol. The van der Waals surface area contributed by atoms with E-state index in [1.165, 1.54) is 0 Å². The topological polar surface area (TPSA) is 67.4 Å². The lowest BCUT2D eigenvalue weighted by molar-refractivity contribution is 0.0760. The Morgan fingerprint density at radius 1 is 1.03 bits per heavy atom. The fourth-order valence-electron chi connectivity index (χ4n) is 3.77. The maximum atomic E-state index is 13.0. The predicted octanol–water partition coefficient (Wildman–Crippen LogP) is 3.57. The zero-order valence-electron chi connectivity index (χ0n) is 18.6. The van der Waals surface area contributed by atoms with Gasteiger partial charge in [0, 0.05) is 37.8 Å². The second-order valence-electron chi connectivity index (χ2n) is 9.20. The van der Waals surface area contributed by atoms with Crippen molar-refractivity contribution in [1.29, 1.82) is 0 Å². The summed E-state index contributed by atoms with van der Waals surface area (Å²) in [4.78, 5) is 21.7. The van der Waals surface area contributed by atoms with E-state index in [1.807, 2.05) is 40.2 Å². The van der Waals surface area contributed by atoms with Crippen LogP contribution in [0.15, 0.2) is 53.3 Å². The van der Waals surface area contributed by atoms with Gasteiger partial charge < -0.3 is 9.32 Å². The van der Waals surface area contributed by atoms with Crippen LogP contribution in [0.5, 0.6) is 0 Å². The lowest BCUT2D eigenvalue weighted by Gasteiger charge is -2.21. The Hall–Kier alpha value is -2.93. The molecule has 0 N–H and O–H groups in total. The minimum absolute atomic E-state index is 0.0434. The maximum absolute atomic E-state index is 13.0. The summed E-state index contributed by atoms with van der Waals surface area (Å²) in [6.45, 7) is 10.9. The van der Waals surface area contributed by atoms with Gasteiger partial charge in [-0.1, -0.05) is 51.1 Å². The van der Waals surface area contributed by atoms with Gasteiger partial charge in [-0.25, -0.2) is 4.98 Å². The quantitative estimate of drug-likeness (QED) is 0.630. The highest BCUT2D eigenvalue weighted by atomic mass is 16.4. The Morgan fingerprint density at radius 2 is 1.84 bits per heavy atom. The number of carbonyl (C=O) groups is 1. The zero-order chi connectivity index (χ0) is 21.8. The number of hydrogen-bond donors (Lipinski definition) is 0. The number of benzene rings is 1. The third-order valence-corrected chi connectivity index (χ3v) is 5.59. The van der Waals surface area contributed by atoms with E-state index in [2.05, 4.69) is 47.9 Å². The van der Waals surface area contributed by atoms with Gasteiger partial charge >= 0.3 is 0 Å². The van der Waals surface area contributed by atoms with Crippen LogP contribution in [-0.2, 0) is 18.5 Å². The largest absolute Gasteiger partial charge is 0.444 e. The molecule has 3 aromatic rings. The van der Waals surface area contributed by atoms with E-state index in [9.17, 15) is 4.79 Å². The van der Waals surface area contributed by atoms with Gasteiger partial charge in [0.05, 0.1) is 31.0 Å². The molecule has 164 valence electrons. The van der Waals surface area contributed by atoms with Gasteiger partial charge in [-0.15, -0.1) is 0 Å². The molecule has 0 atom stereocenters. The molecule has 0 radical (unpaired) electrons.